The SMILES string of the molecule is CNC1CCCN(C(=O)c2snnc2C)C1. The lowest BCUT2D eigenvalue weighted by atomic mass is 10.1. The van der Waals surface area contributed by atoms with Crippen LogP contribution in [0, 0.1) is 6.92 Å². The zero-order chi connectivity index (χ0) is 11.5. The summed E-state index contributed by atoms with van der Waals surface area (Å²) in [6.07, 6.45) is 2.20. The van der Waals surface area contributed by atoms with Crippen molar-refractivity contribution in [1.29, 1.82) is 0 Å². The lowest BCUT2D eigenvalue weighted by Gasteiger charge is -2.32. The number of rotatable bonds is 2. The Hall–Kier alpha value is -1.01. The minimum absolute atomic E-state index is 0.0763. The Morgan fingerprint density at radius 2 is 2.44 bits per heavy atom. The lowest BCUT2D eigenvalue weighted by molar-refractivity contribution is 0.0702. The molecule has 0 spiro atoms. The van der Waals surface area contributed by atoms with E-state index < -0.39 is 0 Å². The van der Waals surface area contributed by atoms with Crippen LogP contribution in [0.2, 0.25) is 0 Å². The maximum absolute atomic E-state index is 12.2. The standard InChI is InChI=1S/C10H16N4OS/c1-7-9(16-13-12-7)10(15)14-5-3-4-8(6-14)11-2/h8,11H,3-6H2,1-2H3. The largest absolute Gasteiger partial charge is 0.336 e. The Bertz CT molecular complexity index is 379. The number of amides is 1. The smallest absolute Gasteiger partial charge is 0.267 e. The van der Waals surface area contributed by atoms with Crippen LogP contribution in [0.1, 0.15) is 28.2 Å². The molecule has 2 heterocycles. The fourth-order valence-electron chi connectivity index (χ4n) is 1.97. The Morgan fingerprint density at radius 1 is 1.62 bits per heavy atom. The minimum atomic E-state index is 0.0763. The summed E-state index contributed by atoms with van der Waals surface area (Å²) in [6, 6.07) is 0.416. The number of nitrogens with one attached hydrogen (secondary N) is 1. The van der Waals surface area contributed by atoms with Crippen LogP contribution in [0.5, 0.6) is 0 Å². The van der Waals surface area contributed by atoms with Gasteiger partial charge in [0.1, 0.15) is 4.88 Å². The molecule has 0 aliphatic carbocycles. The third-order valence-electron chi connectivity index (χ3n) is 2.96. The molecule has 1 aromatic heterocycles. The molecule has 1 aliphatic heterocycles. The van der Waals surface area contributed by atoms with Gasteiger partial charge in [0.05, 0.1) is 5.69 Å². The van der Waals surface area contributed by atoms with Crippen LogP contribution >= 0.6 is 11.5 Å². The van der Waals surface area contributed by atoms with E-state index in [2.05, 4.69) is 14.9 Å². The fourth-order valence-corrected chi connectivity index (χ4v) is 2.59. The van der Waals surface area contributed by atoms with Gasteiger partial charge >= 0.3 is 0 Å². The van der Waals surface area contributed by atoms with Crippen molar-refractivity contribution >= 4 is 17.4 Å². The molecule has 1 amide bonds. The second-order valence-electron chi connectivity index (χ2n) is 4.07. The number of likely N-dealkylation sites (tertiary alicyclic amines) is 1. The summed E-state index contributed by atoms with van der Waals surface area (Å²) in [5.41, 5.74) is 0.738. The van der Waals surface area contributed by atoms with Gasteiger partial charge in [0.15, 0.2) is 0 Å². The van der Waals surface area contributed by atoms with Gasteiger partial charge in [-0.1, -0.05) is 4.49 Å². The van der Waals surface area contributed by atoms with Crippen LogP contribution in [0.3, 0.4) is 0 Å². The Kier molecular flexibility index (Phi) is 3.50. The van der Waals surface area contributed by atoms with Gasteiger partial charge in [-0.15, -0.1) is 5.10 Å². The average molecular weight is 240 g/mol. The monoisotopic (exact) mass is 240 g/mol. The summed E-state index contributed by atoms with van der Waals surface area (Å²) in [4.78, 5) is 14.7. The first-order chi connectivity index (χ1) is 7.72. The predicted molar refractivity (Wildman–Crippen MR) is 62.6 cm³/mol. The molecule has 1 aromatic rings. The first-order valence-electron chi connectivity index (χ1n) is 5.48. The summed E-state index contributed by atoms with van der Waals surface area (Å²) in [5, 5.41) is 7.10. The van der Waals surface area contributed by atoms with Crippen molar-refractivity contribution in [2.24, 2.45) is 0 Å². The van der Waals surface area contributed by atoms with Crippen molar-refractivity contribution in [2.75, 3.05) is 20.1 Å². The second kappa shape index (κ2) is 4.88. The quantitative estimate of drug-likeness (QED) is 0.825. The molecule has 1 unspecified atom stereocenters. The number of aryl methyl sites for hydroxylation is 1. The van der Waals surface area contributed by atoms with Crippen molar-refractivity contribution in [3.05, 3.63) is 10.6 Å². The van der Waals surface area contributed by atoms with E-state index in [1.54, 1.807) is 0 Å². The van der Waals surface area contributed by atoms with Crippen molar-refractivity contribution < 1.29 is 4.79 Å². The van der Waals surface area contributed by atoms with Crippen LogP contribution < -0.4 is 5.32 Å². The van der Waals surface area contributed by atoms with Gasteiger partial charge in [-0.05, 0) is 38.3 Å². The first kappa shape index (κ1) is 11.5. The average Bonchev–Trinajstić information content (AvgIpc) is 2.74. The number of hydrogen-bond donors (Lipinski definition) is 1. The number of likely N-dealkylation sites (N-methyl/N-ethyl adjacent to an activating group) is 1. The molecule has 1 atom stereocenters. The molecule has 1 N–H and O–H groups in total. The van der Waals surface area contributed by atoms with Gasteiger partial charge in [0.2, 0.25) is 0 Å². The highest BCUT2D eigenvalue weighted by atomic mass is 32.1. The third-order valence-corrected chi connectivity index (χ3v) is 3.78. The van der Waals surface area contributed by atoms with Crippen molar-refractivity contribution in [1.82, 2.24) is 19.8 Å². The second-order valence-corrected chi connectivity index (χ2v) is 4.82. The maximum atomic E-state index is 12.2. The molecule has 1 fully saturated rings. The highest BCUT2D eigenvalue weighted by Crippen LogP contribution is 2.17. The van der Waals surface area contributed by atoms with Crippen LogP contribution in [0.4, 0.5) is 0 Å². The van der Waals surface area contributed by atoms with Crippen LogP contribution in [0.15, 0.2) is 0 Å². The van der Waals surface area contributed by atoms with Crippen LogP contribution in [0.25, 0.3) is 0 Å². The molecule has 0 aromatic carbocycles. The third kappa shape index (κ3) is 2.22. The van der Waals surface area contributed by atoms with Crippen molar-refractivity contribution in [3.8, 4) is 0 Å². The number of carbonyl (C=O) groups excluding carboxylic acids is 1. The van der Waals surface area contributed by atoms with E-state index in [9.17, 15) is 4.79 Å². The molecule has 1 aliphatic rings. The van der Waals surface area contributed by atoms with E-state index in [0.29, 0.717) is 10.9 Å². The Morgan fingerprint density at radius 3 is 3.06 bits per heavy atom. The number of nitrogens with zero attached hydrogens (tertiary/aromatic N) is 3. The molecule has 0 bridgehead atoms. The first-order valence-corrected chi connectivity index (χ1v) is 6.25. The van der Waals surface area contributed by atoms with Gasteiger partial charge in [-0.25, -0.2) is 0 Å². The van der Waals surface area contributed by atoms with Crippen LogP contribution in [-0.4, -0.2) is 46.6 Å². The molecule has 5 nitrogen and oxygen atoms in total. The normalized spacial score (nSPS) is 21.1. The molecule has 2 rings (SSSR count). The molecule has 0 saturated carbocycles. The van der Waals surface area contributed by atoms with Gasteiger partial charge < -0.3 is 10.2 Å². The summed E-state index contributed by atoms with van der Waals surface area (Å²) in [6.45, 7) is 3.46. The summed E-state index contributed by atoms with van der Waals surface area (Å²) in [7, 11) is 1.94. The minimum Gasteiger partial charge on any atom is -0.336 e. The molecule has 16 heavy (non-hydrogen) atoms. The van der Waals surface area contributed by atoms with Crippen LogP contribution in [-0.2, 0) is 0 Å². The van der Waals surface area contributed by atoms with E-state index in [1.807, 2.05) is 18.9 Å². The Balaban J connectivity index is 2.07. The predicted octanol–water partition coefficient (Wildman–Crippen LogP) is 0.671. The van der Waals surface area contributed by atoms with Crippen molar-refractivity contribution in [3.63, 3.8) is 0 Å². The summed E-state index contributed by atoms with van der Waals surface area (Å²) < 4.78 is 3.81. The van der Waals surface area contributed by atoms with E-state index >= 15 is 0 Å². The molecule has 88 valence electrons. The van der Waals surface area contributed by atoms with Gasteiger partial charge in [-0.3, -0.25) is 4.79 Å². The fraction of sp³-hybridized carbons (Fsp3) is 0.700. The Labute approximate surface area is 99.0 Å². The number of aromatic nitrogens is 2. The van der Waals surface area contributed by atoms with E-state index in [1.165, 1.54) is 11.5 Å². The van der Waals surface area contributed by atoms with Gasteiger partial charge in [0, 0.05) is 19.1 Å². The molecular formula is C10H16N4OS. The lowest BCUT2D eigenvalue weighted by Crippen LogP contribution is -2.46. The molecule has 0 radical (unpaired) electrons. The molecule has 6 heteroatoms. The maximum Gasteiger partial charge on any atom is 0.267 e. The van der Waals surface area contributed by atoms with Gasteiger partial charge in [0.25, 0.3) is 5.91 Å². The number of piperidine rings is 1. The molecular weight excluding hydrogens is 224 g/mol. The topological polar surface area (TPSA) is 58.1 Å². The zero-order valence-corrected chi connectivity index (χ0v) is 10.4. The van der Waals surface area contributed by atoms with Gasteiger partial charge in [-0.2, -0.15) is 0 Å². The number of carbonyl (C=O) groups is 1. The zero-order valence-electron chi connectivity index (χ0n) is 9.56. The number of hydrogen-bond acceptors (Lipinski definition) is 5. The van der Waals surface area contributed by atoms with E-state index in [-0.39, 0.29) is 5.91 Å². The molecule has 1 saturated heterocycles. The summed E-state index contributed by atoms with van der Waals surface area (Å²) in [5.74, 6) is 0.0763. The highest BCUT2D eigenvalue weighted by Gasteiger charge is 2.25. The highest BCUT2D eigenvalue weighted by molar-refractivity contribution is 7.07. The van der Waals surface area contributed by atoms with E-state index in [0.717, 1.165) is 31.6 Å². The van der Waals surface area contributed by atoms with E-state index in [4.69, 9.17) is 0 Å². The summed E-state index contributed by atoms with van der Waals surface area (Å²) >= 11 is 1.19. The van der Waals surface area contributed by atoms with Crippen molar-refractivity contribution in [2.45, 2.75) is 25.8 Å².